The summed E-state index contributed by atoms with van der Waals surface area (Å²) >= 11 is 14.0. The van der Waals surface area contributed by atoms with Gasteiger partial charge in [-0.2, -0.15) is 11.3 Å². The maximum Gasteiger partial charge on any atom is 0.253 e. The first-order valence-corrected chi connectivity index (χ1v) is 15.4. The number of carbonyl (C=O) groups excluding carboxylic acids is 1. The van der Waals surface area contributed by atoms with Gasteiger partial charge in [0, 0.05) is 44.2 Å². The zero-order valence-electron chi connectivity index (χ0n) is 22.3. The summed E-state index contributed by atoms with van der Waals surface area (Å²) in [4.78, 5) is 17.8. The van der Waals surface area contributed by atoms with E-state index in [0.29, 0.717) is 40.5 Å². The van der Waals surface area contributed by atoms with Crippen LogP contribution >= 0.6 is 34.5 Å². The molecule has 2 aromatic carbocycles. The molecule has 0 radical (unpaired) electrons. The van der Waals surface area contributed by atoms with Crippen molar-refractivity contribution in [3.05, 3.63) is 86.0 Å². The van der Waals surface area contributed by atoms with E-state index in [1.165, 1.54) is 11.1 Å². The molecule has 0 spiro atoms. The van der Waals surface area contributed by atoms with E-state index in [4.69, 9.17) is 27.9 Å². The van der Waals surface area contributed by atoms with E-state index in [2.05, 4.69) is 27.8 Å². The maximum atomic E-state index is 13.4. The first-order valence-electron chi connectivity index (χ1n) is 13.7. The highest BCUT2D eigenvalue weighted by molar-refractivity contribution is 7.08. The zero-order chi connectivity index (χ0) is 27.4. The van der Waals surface area contributed by atoms with Gasteiger partial charge in [0.25, 0.3) is 5.91 Å². The van der Waals surface area contributed by atoms with Crippen molar-refractivity contribution in [3.8, 4) is 5.75 Å². The summed E-state index contributed by atoms with van der Waals surface area (Å²) < 4.78 is 5.48. The summed E-state index contributed by atoms with van der Waals surface area (Å²) in [7, 11) is 1.71. The molecule has 2 fully saturated rings. The van der Waals surface area contributed by atoms with Gasteiger partial charge in [-0.25, -0.2) is 0 Å². The molecule has 2 aliphatic rings. The molecule has 5 rings (SSSR count). The summed E-state index contributed by atoms with van der Waals surface area (Å²) in [5.74, 6) is 1.55. The number of para-hydroxylation sites is 1. The highest BCUT2D eigenvalue weighted by Gasteiger charge is 2.39. The first-order chi connectivity index (χ1) is 18.8. The summed E-state index contributed by atoms with van der Waals surface area (Å²) in [6, 6.07) is 15.4. The number of piperidine rings is 1. The van der Waals surface area contributed by atoms with Crippen LogP contribution in [0.15, 0.2) is 59.3 Å². The third-order valence-corrected chi connectivity index (χ3v) is 9.87. The molecular formula is C31H36Cl2N2O3S. The number of aliphatic hydroxyl groups is 1. The predicted molar refractivity (Wildman–Crippen MR) is 159 cm³/mol. The van der Waals surface area contributed by atoms with Crippen molar-refractivity contribution < 1.29 is 14.6 Å². The summed E-state index contributed by atoms with van der Waals surface area (Å²) in [6.07, 6.45) is 4.20. The molecule has 0 bridgehead atoms. The quantitative estimate of drug-likeness (QED) is 0.300. The molecule has 0 aliphatic carbocycles. The van der Waals surface area contributed by atoms with Gasteiger partial charge in [-0.3, -0.25) is 4.79 Å². The molecule has 2 saturated heterocycles. The van der Waals surface area contributed by atoms with Crippen molar-refractivity contribution in [3.63, 3.8) is 0 Å². The Bertz CT molecular complexity index is 1260. The van der Waals surface area contributed by atoms with Gasteiger partial charge >= 0.3 is 0 Å². The average Bonchev–Trinajstić information content (AvgIpc) is 3.62. The Morgan fingerprint density at radius 3 is 2.62 bits per heavy atom. The van der Waals surface area contributed by atoms with Crippen LogP contribution in [0.3, 0.4) is 0 Å². The van der Waals surface area contributed by atoms with Crippen LogP contribution in [0, 0.1) is 5.92 Å². The Morgan fingerprint density at radius 1 is 1.10 bits per heavy atom. The van der Waals surface area contributed by atoms with Gasteiger partial charge in [0.05, 0.1) is 22.8 Å². The lowest BCUT2D eigenvalue weighted by molar-refractivity contribution is -0.0315. The minimum Gasteiger partial charge on any atom is -0.496 e. The molecule has 1 N–H and O–H groups in total. The Kier molecular flexibility index (Phi) is 9.20. The number of amides is 1. The summed E-state index contributed by atoms with van der Waals surface area (Å²) in [5, 5.41) is 16.5. The van der Waals surface area contributed by atoms with E-state index in [-0.39, 0.29) is 5.91 Å². The zero-order valence-corrected chi connectivity index (χ0v) is 24.6. The smallest absolute Gasteiger partial charge is 0.253 e. The molecule has 0 saturated carbocycles. The number of ether oxygens (including phenoxy) is 1. The van der Waals surface area contributed by atoms with Gasteiger partial charge in [-0.15, -0.1) is 0 Å². The van der Waals surface area contributed by atoms with Crippen molar-refractivity contribution in [2.75, 3.05) is 39.8 Å². The lowest BCUT2D eigenvalue weighted by atomic mass is 9.84. The van der Waals surface area contributed by atoms with E-state index in [1.54, 1.807) is 36.6 Å². The predicted octanol–water partition coefficient (Wildman–Crippen LogP) is 6.77. The van der Waals surface area contributed by atoms with Gasteiger partial charge in [0.15, 0.2) is 0 Å². The second-order valence-corrected chi connectivity index (χ2v) is 12.5. The summed E-state index contributed by atoms with van der Waals surface area (Å²) in [5.41, 5.74) is 2.46. The van der Waals surface area contributed by atoms with Crippen molar-refractivity contribution in [1.82, 2.24) is 9.80 Å². The Labute approximate surface area is 245 Å². The molecule has 2 unspecified atom stereocenters. The van der Waals surface area contributed by atoms with Crippen molar-refractivity contribution in [1.29, 1.82) is 0 Å². The molecule has 8 heteroatoms. The van der Waals surface area contributed by atoms with Gasteiger partial charge in [-0.1, -0.05) is 41.4 Å². The maximum absolute atomic E-state index is 13.4. The fourth-order valence-electron chi connectivity index (χ4n) is 6.15. The normalized spacial score (nSPS) is 21.3. The molecule has 3 aromatic rings. The number of nitrogens with zero attached hydrogens (tertiary/aromatic N) is 2. The van der Waals surface area contributed by atoms with Crippen molar-refractivity contribution in [2.24, 2.45) is 5.92 Å². The molecule has 2 atom stereocenters. The number of halogens is 2. The lowest BCUT2D eigenvalue weighted by Crippen LogP contribution is -2.46. The number of rotatable bonds is 9. The van der Waals surface area contributed by atoms with Crippen LogP contribution in [0.2, 0.25) is 10.0 Å². The van der Waals surface area contributed by atoms with Crippen LogP contribution in [0.5, 0.6) is 5.75 Å². The van der Waals surface area contributed by atoms with Crippen molar-refractivity contribution in [2.45, 2.75) is 43.6 Å². The molecule has 39 heavy (non-hydrogen) atoms. The third-order valence-electron chi connectivity index (χ3n) is 8.43. The van der Waals surface area contributed by atoms with Gasteiger partial charge in [0.1, 0.15) is 5.75 Å². The Hall–Kier alpha value is -2.09. The highest BCUT2D eigenvalue weighted by atomic mass is 35.5. The third kappa shape index (κ3) is 6.80. The Morgan fingerprint density at radius 2 is 1.90 bits per heavy atom. The lowest BCUT2D eigenvalue weighted by Gasteiger charge is -2.39. The number of thiophene rings is 1. The number of carbonyl (C=O) groups is 1. The molecule has 1 amide bonds. The Balaban J connectivity index is 1.17. The second kappa shape index (κ2) is 12.6. The van der Waals surface area contributed by atoms with Crippen LogP contribution in [0.4, 0.5) is 0 Å². The van der Waals surface area contributed by atoms with Crippen LogP contribution in [0.25, 0.3) is 0 Å². The molecule has 2 aliphatic heterocycles. The van der Waals surface area contributed by atoms with E-state index in [9.17, 15) is 9.90 Å². The van der Waals surface area contributed by atoms with Gasteiger partial charge in [-0.05, 0) is 90.2 Å². The number of benzene rings is 2. The largest absolute Gasteiger partial charge is 0.496 e. The number of hydrogen-bond acceptors (Lipinski definition) is 5. The van der Waals surface area contributed by atoms with Crippen molar-refractivity contribution >= 4 is 40.4 Å². The van der Waals surface area contributed by atoms with E-state index >= 15 is 0 Å². The topological polar surface area (TPSA) is 53.0 Å². The van der Waals surface area contributed by atoms with Crippen LogP contribution in [-0.4, -0.2) is 66.2 Å². The number of aryl methyl sites for hydroxylation is 1. The minimum absolute atomic E-state index is 0.000591. The fourth-order valence-corrected chi connectivity index (χ4v) is 7.17. The molecule has 208 valence electrons. The SMILES string of the molecule is COc1ccccc1CCCC1(O)CCN(CC2CN(C(=O)c3ccc(Cl)c(Cl)c3)CC2c2ccsc2)CC1. The monoisotopic (exact) mass is 586 g/mol. The van der Waals surface area contributed by atoms with Gasteiger partial charge < -0.3 is 19.6 Å². The second-order valence-electron chi connectivity index (χ2n) is 11.0. The molecule has 1 aromatic heterocycles. The summed E-state index contributed by atoms with van der Waals surface area (Å²) in [6.45, 7) is 4.07. The number of likely N-dealkylation sites (tertiary alicyclic amines) is 2. The van der Waals surface area contributed by atoms with E-state index in [0.717, 1.165) is 57.5 Å². The molecule has 5 nitrogen and oxygen atoms in total. The standard InChI is InChI=1S/C31H36Cl2N2O3S/c1-38-29-7-3-2-5-22(29)6-4-11-31(37)12-14-34(15-13-31)18-25-19-35(20-26(25)24-10-16-39-21-24)30(36)23-8-9-27(32)28(33)17-23/h2-3,5,7-10,16-17,21,25-26,37H,4,6,11-15,18-20H2,1H3. The minimum atomic E-state index is -0.614. The first kappa shape index (κ1) is 28.4. The van der Waals surface area contributed by atoms with E-state index < -0.39 is 5.60 Å². The van der Waals surface area contributed by atoms with E-state index in [1.807, 2.05) is 23.1 Å². The molecule has 3 heterocycles. The van der Waals surface area contributed by atoms with Gasteiger partial charge in [0.2, 0.25) is 0 Å². The number of hydrogen-bond donors (Lipinski definition) is 1. The number of methoxy groups -OCH3 is 1. The average molecular weight is 588 g/mol. The van der Waals surface area contributed by atoms with Crippen LogP contribution < -0.4 is 4.74 Å². The van der Waals surface area contributed by atoms with Crippen LogP contribution in [-0.2, 0) is 6.42 Å². The van der Waals surface area contributed by atoms with Crippen LogP contribution in [0.1, 0.15) is 53.1 Å². The fraction of sp³-hybridized carbons (Fsp3) is 0.452. The molecular weight excluding hydrogens is 551 g/mol. The highest BCUT2D eigenvalue weighted by Crippen LogP contribution is 2.37.